The molecule has 0 heterocycles. The monoisotopic (exact) mass is 322 g/mol. The number of carbonyl (C=O) groups is 1. The van der Waals surface area contributed by atoms with Gasteiger partial charge in [0.1, 0.15) is 0 Å². The van der Waals surface area contributed by atoms with Crippen LogP contribution in [0.1, 0.15) is 23.7 Å². The van der Waals surface area contributed by atoms with Gasteiger partial charge < -0.3 is 10.6 Å². The van der Waals surface area contributed by atoms with Crippen LogP contribution in [0.2, 0.25) is 10.0 Å². The van der Waals surface area contributed by atoms with Crippen molar-refractivity contribution >= 4 is 40.5 Å². The van der Waals surface area contributed by atoms with E-state index in [0.29, 0.717) is 33.5 Å². The van der Waals surface area contributed by atoms with E-state index < -0.39 is 0 Å². The van der Waals surface area contributed by atoms with Crippen molar-refractivity contribution in [2.75, 3.05) is 17.2 Å². The molecule has 5 heteroatoms. The molecular formula is C16H16Cl2N2O. The van der Waals surface area contributed by atoms with Crippen molar-refractivity contribution in [3.8, 4) is 0 Å². The highest BCUT2D eigenvalue weighted by Gasteiger charge is 2.19. The number of halogens is 2. The summed E-state index contributed by atoms with van der Waals surface area (Å²) in [7, 11) is 0. The molecule has 2 aromatic carbocycles. The van der Waals surface area contributed by atoms with Crippen LogP contribution in [-0.4, -0.2) is 12.5 Å². The van der Waals surface area contributed by atoms with Crippen LogP contribution in [0, 0.1) is 0 Å². The lowest BCUT2D eigenvalue weighted by molar-refractivity contribution is 0.0987. The summed E-state index contributed by atoms with van der Waals surface area (Å²) in [6, 6.07) is 12.2. The van der Waals surface area contributed by atoms with Crippen LogP contribution in [-0.2, 0) is 0 Å². The Morgan fingerprint density at radius 1 is 1.14 bits per heavy atom. The fraction of sp³-hybridized carbons (Fsp3) is 0.188. The van der Waals surface area contributed by atoms with Gasteiger partial charge in [-0.3, -0.25) is 4.79 Å². The molecule has 0 saturated heterocycles. The number of para-hydroxylation sites is 2. The second kappa shape index (κ2) is 6.83. The Hall–Kier alpha value is -1.71. The SMILES string of the molecule is CCCN(C(=O)c1ccc(Cl)c(Cl)c1)c1ccccc1N. The minimum atomic E-state index is -0.145. The Morgan fingerprint density at radius 3 is 2.48 bits per heavy atom. The van der Waals surface area contributed by atoms with E-state index in [1.807, 2.05) is 25.1 Å². The first-order chi connectivity index (χ1) is 10.0. The normalized spacial score (nSPS) is 10.4. The average molecular weight is 323 g/mol. The first-order valence-corrected chi connectivity index (χ1v) is 7.41. The highest BCUT2D eigenvalue weighted by atomic mass is 35.5. The molecule has 3 nitrogen and oxygen atoms in total. The molecule has 0 spiro atoms. The predicted octanol–water partition coefficient (Wildman–Crippen LogP) is 4.63. The summed E-state index contributed by atoms with van der Waals surface area (Å²) in [6.07, 6.45) is 0.821. The molecule has 0 radical (unpaired) electrons. The van der Waals surface area contributed by atoms with Crippen LogP contribution < -0.4 is 10.6 Å². The van der Waals surface area contributed by atoms with Crippen LogP contribution in [0.15, 0.2) is 42.5 Å². The Labute approximate surface area is 134 Å². The predicted molar refractivity (Wildman–Crippen MR) is 89.3 cm³/mol. The third-order valence-corrected chi connectivity index (χ3v) is 3.83. The average Bonchev–Trinajstić information content (AvgIpc) is 2.48. The molecule has 0 aliphatic heterocycles. The number of rotatable bonds is 4. The highest BCUT2D eigenvalue weighted by Crippen LogP contribution is 2.27. The van der Waals surface area contributed by atoms with Gasteiger partial charge in [0.15, 0.2) is 0 Å². The van der Waals surface area contributed by atoms with E-state index in [2.05, 4.69) is 0 Å². The molecule has 110 valence electrons. The van der Waals surface area contributed by atoms with Gasteiger partial charge in [0.2, 0.25) is 0 Å². The first-order valence-electron chi connectivity index (χ1n) is 6.66. The number of nitrogens with two attached hydrogens (primary N) is 1. The molecule has 0 saturated carbocycles. The fourth-order valence-corrected chi connectivity index (χ4v) is 2.37. The number of anilines is 2. The number of carbonyl (C=O) groups excluding carboxylic acids is 1. The van der Waals surface area contributed by atoms with Gasteiger partial charge in [-0.1, -0.05) is 42.3 Å². The van der Waals surface area contributed by atoms with Crippen LogP contribution in [0.4, 0.5) is 11.4 Å². The number of nitrogens with zero attached hydrogens (tertiary/aromatic N) is 1. The standard InChI is InChI=1S/C16H16Cl2N2O/c1-2-9-20(15-6-4-3-5-14(15)19)16(21)11-7-8-12(17)13(18)10-11/h3-8,10H,2,9,19H2,1H3. The maximum Gasteiger partial charge on any atom is 0.258 e. The van der Waals surface area contributed by atoms with E-state index in [1.165, 1.54) is 0 Å². The Bertz CT molecular complexity index is 658. The highest BCUT2D eigenvalue weighted by molar-refractivity contribution is 6.42. The molecule has 0 atom stereocenters. The number of benzene rings is 2. The molecule has 0 aliphatic carbocycles. The Balaban J connectivity index is 2.40. The third-order valence-electron chi connectivity index (χ3n) is 3.09. The number of hydrogen-bond donors (Lipinski definition) is 1. The van der Waals surface area contributed by atoms with Gasteiger partial charge in [-0.15, -0.1) is 0 Å². The summed E-state index contributed by atoms with van der Waals surface area (Å²) < 4.78 is 0. The molecule has 0 aromatic heterocycles. The lowest BCUT2D eigenvalue weighted by Crippen LogP contribution is -2.32. The minimum absolute atomic E-state index is 0.145. The topological polar surface area (TPSA) is 46.3 Å². The van der Waals surface area contributed by atoms with Crippen LogP contribution in [0.25, 0.3) is 0 Å². The summed E-state index contributed by atoms with van der Waals surface area (Å²) in [4.78, 5) is 14.4. The molecule has 2 rings (SSSR count). The molecule has 1 amide bonds. The maximum absolute atomic E-state index is 12.7. The van der Waals surface area contributed by atoms with Crippen LogP contribution in [0.5, 0.6) is 0 Å². The van der Waals surface area contributed by atoms with Crippen molar-refractivity contribution in [2.24, 2.45) is 0 Å². The van der Waals surface area contributed by atoms with Crippen molar-refractivity contribution < 1.29 is 4.79 Å². The van der Waals surface area contributed by atoms with Gasteiger partial charge in [0.05, 0.1) is 21.4 Å². The number of amides is 1. The second-order valence-electron chi connectivity index (χ2n) is 4.64. The van der Waals surface area contributed by atoms with Crippen molar-refractivity contribution in [2.45, 2.75) is 13.3 Å². The van der Waals surface area contributed by atoms with Gasteiger partial charge in [0, 0.05) is 12.1 Å². The molecular weight excluding hydrogens is 307 g/mol. The number of hydrogen-bond acceptors (Lipinski definition) is 2. The molecule has 0 bridgehead atoms. The van der Waals surface area contributed by atoms with E-state index in [4.69, 9.17) is 28.9 Å². The van der Waals surface area contributed by atoms with Gasteiger partial charge in [-0.25, -0.2) is 0 Å². The summed E-state index contributed by atoms with van der Waals surface area (Å²) in [6.45, 7) is 2.58. The van der Waals surface area contributed by atoms with E-state index in [9.17, 15) is 4.79 Å². The third kappa shape index (κ3) is 3.49. The van der Waals surface area contributed by atoms with E-state index >= 15 is 0 Å². The zero-order valence-corrected chi connectivity index (χ0v) is 13.2. The molecule has 2 aromatic rings. The van der Waals surface area contributed by atoms with Crippen molar-refractivity contribution in [1.29, 1.82) is 0 Å². The van der Waals surface area contributed by atoms with Crippen LogP contribution in [0.3, 0.4) is 0 Å². The summed E-state index contributed by atoms with van der Waals surface area (Å²) >= 11 is 11.9. The molecule has 0 aliphatic rings. The van der Waals surface area contributed by atoms with Gasteiger partial charge in [-0.2, -0.15) is 0 Å². The van der Waals surface area contributed by atoms with E-state index in [-0.39, 0.29) is 5.91 Å². The maximum atomic E-state index is 12.7. The zero-order chi connectivity index (χ0) is 15.4. The Kier molecular flexibility index (Phi) is 5.10. The van der Waals surface area contributed by atoms with Crippen molar-refractivity contribution in [3.63, 3.8) is 0 Å². The minimum Gasteiger partial charge on any atom is -0.397 e. The lowest BCUT2D eigenvalue weighted by atomic mass is 10.1. The fourth-order valence-electron chi connectivity index (χ4n) is 2.07. The number of nitrogen functional groups attached to an aromatic ring is 1. The first kappa shape index (κ1) is 15.7. The molecule has 0 fully saturated rings. The summed E-state index contributed by atoms with van der Waals surface area (Å²) in [5.74, 6) is -0.145. The van der Waals surface area contributed by atoms with E-state index in [1.54, 1.807) is 29.2 Å². The van der Waals surface area contributed by atoms with Gasteiger partial charge in [0.25, 0.3) is 5.91 Å². The summed E-state index contributed by atoms with van der Waals surface area (Å²) in [5, 5.41) is 0.787. The molecule has 2 N–H and O–H groups in total. The lowest BCUT2D eigenvalue weighted by Gasteiger charge is -2.24. The van der Waals surface area contributed by atoms with E-state index in [0.717, 1.165) is 6.42 Å². The molecule has 0 unspecified atom stereocenters. The smallest absolute Gasteiger partial charge is 0.258 e. The Morgan fingerprint density at radius 2 is 1.86 bits per heavy atom. The zero-order valence-electron chi connectivity index (χ0n) is 11.6. The largest absolute Gasteiger partial charge is 0.397 e. The van der Waals surface area contributed by atoms with Crippen LogP contribution >= 0.6 is 23.2 Å². The van der Waals surface area contributed by atoms with Gasteiger partial charge >= 0.3 is 0 Å². The quantitative estimate of drug-likeness (QED) is 0.834. The van der Waals surface area contributed by atoms with Crippen molar-refractivity contribution in [1.82, 2.24) is 0 Å². The van der Waals surface area contributed by atoms with Gasteiger partial charge in [-0.05, 0) is 36.8 Å². The molecule has 21 heavy (non-hydrogen) atoms. The second-order valence-corrected chi connectivity index (χ2v) is 5.46. The summed E-state index contributed by atoms with van der Waals surface area (Å²) in [5.41, 5.74) is 7.74. The van der Waals surface area contributed by atoms with Crippen molar-refractivity contribution in [3.05, 3.63) is 58.1 Å².